The van der Waals surface area contributed by atoms with E-state index in [1.54, 1.807) is 12.1 Å². The van der Waals surface area contributed by atoms with Crippen molar-refractivity contribution in [3.05, 3.63) is 42.5 Å². The van der Waals surface area contributed by atoms with Crippen LogP contribution in [0.1, 0.15) is 41.0 Å². The smallest absolute Gasteiger partial charge is 0.146 e. The number of phenols is 1. The number of rotatable bonds is 4. The predicted molar refractivity (Wildman–Crippen MR) is 99.3 cm³/mol. The van der Waals surface area contributed by atoms with Crippen LogP contribution < -0.4 is 4.74 Å². The molecule has 25 heavy (non-hydrogen) atoms. The van der Waals surface area contributed by atoms with E-state index in [1.165, 1.54) is 4.80 Å². The van der Waals surface area contributed by atoms with Crippen molar-refractivity contribution in [2.24, 2.45) is 5.41 Å². The largest absolute Gasteiger partial charge is 0.505 e. The number of hydrogen-bond donors (Lipinski definition) is 1. The minimum absolute atomic E-state index is 0.0874. The Labute approximate surface area is 148 Å². The predicted octanol–water partition coefficient (Wildman–Crippen LogP) is 4.72. The van der Waals surface area contributed by atoms with Gasteiger partial charge in [0.25, 0.3) is 0 Å². The lowest BCUT2D eigenvalue weighted by Crippen LogP contribution is -2.33. The average Bonchev–Trinajstić information content (AvgIpc) is 2.87. The van der Waals surface area contributed by atoms with Crippen LogP contribution in [0.2, 0.25) is 0 Å². The van der Waals surface area contributed by atoms with Gasteiger partial charge in [-0.2, -0.15) is 0 Å². The zero-order chi connectivity index (χ0) is 18.2. The van der Waals surface area contributed by atoms with Crippen molar-refractivity contribution in [1.29, 1.82) is 0 Å². The highest BCUT2D eigenvalue weighted by molar-refractivity contribution is 5.73. The monoisotopic (exact) mass is 339 g/mol. The molecule has 0 spiro atoms. The lowest BCUT2D eigenvalue weighted by molar-refractivity contribution is 0.0620. The molecule has 5 heteroatoms. The summed E-state index contributed by atoms with van der Waals surface area (Å²) in [5.41, 5.74) is 1.93. The standard InChI is InChI=1S/C20H25N3O2/c1-19(2,3)13-20(4,5)25-14-10-11-17(18(24)12-14)23-21-15-8-6-7-9-16(15)22-23/h6-12,24H,13H2,1-5H3. The van der Waals surface area contributed by atoms with Crippen LogP contribution in [-0.4, -0.2) is 25.7 Å². The van der Waals surface area contributed by atoms with Gasteiger partial charge in [0, 0.05) is 6.07 Å². The van der Waals surface area contributed by atoms with E-state index in [2.05, 4.69) is 44.8 Å². The lowest BCUT2D eigenvalue weighted by Gasteiger charge is -2.33. The van der Waals surface area contributed by atoms with Crippen molar-refractivity contribution in [3.8, 4) is 17.2 Å². The van der Waals surface area contributed by atoms with Gasteiger partial charge in [-0.05, 0) is 49.9 Å². The quantitative estimate of drug-likeness (QED) is 0.747. The van der Waals surface area contributed by atoms with Crippen molar-refractivity contribution in [2.45, 2.75) is 46.6 Å². The summed E-state index contributed by atoms with van der Waals surface area (Å²) in [6.07, 6.45) is 0.897. The highest BCUT2D eigenvalue weighted by Gasteiger charge is 2.27. The maximum Gasteiger partial charge on any atom is 0.146 e. The number of nitrogens with zero attached hydrogens (tertiary/aromatic N) is 3. The van der Waals surface area contributed by atoms with Crippen LogP contribution in [0.3, 0.4) is 0 Å². The van der Waals surface area contributed by atoms with Crippen LogP contribution in [0.4, 0.5) is 0 Å². The number of aromatic hydroxyl groups is 1. The Kier molecular flexibility index (Phi) is 4.19. The SMILES string of the molecule is CC(C)(C)CC(C)(C)Oc1ccc(-n2nc3ccccc3n2)c(O)c1. The second-order valence-electron chi connectivity index (χ2n) is 8.23. The van der Waals surface area contributed by atoms with Gasteiger partial charge < -0.3 is 9.84 Å². The van der Waals surface area contributed by atoms with Gasteiger partial charge in [-0.25, -0.2) is 0 Å². The summed E-state index contributed by atoms with van der Waals surface area (Å²) in [6, 6.07) is 12.8. The molecule has 0 aliphatic heterocycles. The molecule has 0 amide bonds. The number of hydrogen-bond acceptors (Lipinski definition) is 4. The van der Waals surface area contributed by atoms with Gasteiger partial charge in [0.1, 0.15) is 33.8 Å². The van der Waals surface area contributed by atoms with Crippen LogP contribution in [-0.2, 0) is 0 Å². The molecule has 0 saturated heterocycles. The van der Waals surface area contributed by atoms with Crippen molar-refractivity contribution in [2.75, 3.05) is 0 Å². The number of aromatic nitrogens is 3. The second-order valence-corrected chi connectivity index (χ2v) is 8.23. The fourth-order valence-corrected chi connectivity index (χ4v) is 3.34. The second kappa shape index (κ2) is 6.06. The molecule has 1 N–H and O–H groups in total. The van der Waals surface area contributed by atoms with E-state index in [0.29, 0.717) is 11.4 Å². The molecule has 1 heterocycles. The zero-order valence-electron chi connectivity index (χ0n) is 15.4. The van der Waals surface area contributed by atoms with E-state index in [4.69, 9.17) is 4.74 Å². The minimum Gasteiger partial charge on any atom is -0.505 e. The van der Waals surface area contributed by atoms with Gasteiger partial charge in [0.15, 0.2) is 0 Å². The number of fused-ring (bicyclic) bond motifs is 1. The molecule has 3 rings (SSSR count). The highest BCUT2D eigenvalue weighted by atomic mass is 16.5. The molecule has 132 valence electrons. The molecule has 1 aromatic heterocycles. The molecular formula is C20H25N3O2. The molecule has 0 unspecified atom stereocenters. The average molecular weight is 339 g/mol. The summed E-state index contributed by atoms with van der Waals surface area (Å²) in [6.45, 7) is 10.7. The van der Waals surface area contributed by atoms with Crippen molar-refractivity contribution in [1.82, 2.24) is 15.0 Å². The van der Waals surface area contributed by atoms with E-state index in [1.807, 2.05) is 30.3 Å². The van der Waals surface area contributed by atoms with Crippen LogP contribution >= 0.6 is 0 Å². The van der Waals surface area contributed by atoms with E-state index >= 15 is 0 Å². The Morgan fingerprint density at radius 3 is 2.08 bits per heavy atom. The van der Waals surface area contributed by atoms with Crippen LogP contribution in [0, 0.1) is 5.41 Å². The molecular weight excluding hydrogens is 314 g/mol. The Hall–Kier alpha value is -2.56. The van der Waals surface area contributed by atoms with E-state index in [-0.39, 0.29) is 16.8 Å². The Balaban J connectivity index is 1.86. The van der Waals surface area contributed by atoms with Crippen LogP contribution in [0.25, 0.3) is 16.7 Å². The molecule has 0 bridgehead atoms. The summed E-state index contributed by atoms with van der Waals surface area (Å²) in [5.74, 6) is 0.719. The normalized spacial score (nSPS) is 12.5. The first-order chi connectivity index (χ1) is 11.6. The third-order valence-corrected chi connectivity index (χ3v) is 3.80. The van der Waals surface area contributed by atoms with Gasteiger partial charge in [-0.1, -0.05) is 32.9 Å². The first-order valence-electron chi connectivity index (χ1n) is 8.48. The van der Waals surface area contributed by atoms with E-state index < -0.39 is 0 Å². The molecule has 2 aromatic carbocycles. The Bertz CT molecular complexity index is 858. The number of benzene rings is 2. The molecule has 0 aliphatic carbocycles. The molecule has 5 nitrogen and oxygen atoms in total. The van der Waals surface area contributed by atoms with Crippen molar-refractivity contribution in [3.63, 3.8) is 0 Å². The van der Waals surface area contributed by atoms with Crippen molar-refractivity contribution < 1.29 is 9.84 Å². The highest BCUT2D eigenvalue weighted by Crippen LogP contribution is 2.33. The van der Waals surface area contributed by atoms with Gasteiger partial charge in [-0.15, -0.1) is 15.0 Å². The van der Waals surface area contributed by atoms with Gasteiger partial charge >= 0.3 is 0 Å². The topological polar surface area (TPSA) is 60.2 Å². The van der Waals surface area contributed by atoms with Gasteiger partial charge in [0.05, 0.1) is 0 Å². The van der Waals surface area contributed by atoms with Gasteiger partial charge in [0.2, 0.25) is 0 Å². The summed E-state index contributed by atoms with van der Waals surface area (Å²) < 4.78 is 6.10. The molecule has 0 atom stereocenters. The molecule has 0 aliphatic rings. The Morgan fingerprint density at radius 2 is 1.56 bits per heavy atom. The lowest BCUT2D eigenvalue weighted by atomic mass is 9.83. The first kappa shape index (κ1) is 17.3. The van der Waals surface area contributed by atoms with E-state index in [9.17, 15) is 5.11 Å². The third kappa shape index (κ3) is 4.10. The fraction of sp³-hybridized carbons (Fsp3) is 0.400. The van der Waals surface area contributed by atoms with E-state index in [0.717, 1.165) is 17.5 Å². The maximum atomic E-state index is 10.4. The maximum absolute atomic E-state index is 10.4. The fourth-order valence-electron chi connectivity index (χ4n) is 3.34. The molecule has 0 saturated carbocycles. The summed E-state index contributed by atoms with van der Waals surface area (Å²) in [7, 11) is 0. The van der Waals surface area contributed by atoms with Crippen LogP contribution in [0.5, 0.6) is 11.5 Å². The Morgan fingerprint density at radius 1 is 0.960 bits per heavy atom. The van der Waals surface area contributed by atoms with Gasteiger partial charge in [-0.3, -0.25) is 0 Å². The molecule has 0 fully saturated rings. The van der Waals surface area contributed by atoms with Crippen LogP contribution in [0.15, 0.2) is 42.5 Å². The summed E-state index contributed by atoms with van der Waals surface area (Å²) in [4.78, 5) is 1.45. The zero-order valence-corrected chi connectivity index (χ0v) is 15.4. The number of phenolic OH excluding ortho intramolecular Hbond substituents is 1. The molecule has 0 radical (unpaired) electrons. The summed E-state index contributed by atoms with van der Waals surface area (Å²) >= 11 is 0. The minimum atomic E-state index is -0.329. The number of ether oxygens (including phenoxy) is 1. The third-order valence-electron chi connectivity index (χ3n) is 3.80. The van der Waals surface area contributed by atoms with Crippen molar-refractivity contribution >= 4 is 11.0 Å². The molecule has 3 aromatic rings. The first-order valence-corrected chi connectivity index (χ1v) is 8.48. The summed E-state index contributed by atoms with van der Waals surface area (Å²) in [5, 5.41) is 19.2.